The molecule has 14 heavy (non-hydrogen) atoms. The van der Waals surface area contributed by atoms with E-state index in [0.717, 1.165) is 5.56 Å². The average Bonchev–Trinajstić information content (AvgIpc) is 2.20. The third-order valence-corrected chi connectivity index (χ3v) is 1.87. The number of hydrogen-bond donors (Lipinski definition) is 1. The van der Waals surface area contributed by atoms with Gasteiger partial charge in [0.1, 0.15) is 0 Å². The van der Waals surface area contributed by atoms with E-state index in [2.05, 4.69) is 5.32 Å². The fraction of sp³-hybridized carbons (Fsp3) is 0.250. The van der Waals surface area contributed by atoms with E-state index in [1.165, 1.54) is 0 Å². The van der Waals surface area contributed by atoms with Crippen molar-refractivity contribution in [1.82, 2.24) is 5.32 Å². The highest BCUT2D eigenvalue weighted by Gasteiger charge is 2.01. The van der Waals surface area contributed by atoms with Gasteiger partial charge in [-0.1, -0.05) is 24.3 Å². The van der Waals surface area contributed by atoms with Gasteiger partial charge in [0, 0.05) is 12.1 Å². The first-order chi connectivity index (χ1) is 6.77. The standard InChI is InChI=1S/C12H15NO/c1-3-5-10-6-8-11(9-7-10)12(14)13-4-2/h3,5-9H,4H2,1-2H3,(H,13,14). The van der Waals surface area contributed by atoms with Crippen LogP contribution in [-0.4, -0.2) is 12.5 Å². The normalized spacial score (nSPS) is 10.4. The Morgan fingerprint density at radius 2 is 2.00 bits per heavy atom. The minimum Gasteiger partial charge on any atom is -0.352 e. The zero-order chi connectivity index (χ0) is 10.4. The molecule has 0 unspecified atom stereocenters. The van der Waals surface area contributed by atoms with Crippen molar-refractivity contribution in [3.8, 4) is 0 Å². The molecule has 74 valence electrons. The SMILES string of the molecule is CC=Cc1ccc(C(=O)NCC)cc1. The predicted molar refractivity (Wildman–Crippen MR) is 59.2 cm³/mol. The van der Waals surface area contributed by atoms with E-state index in [1.807, 2.05) is 50.3 Å². The highest BCUT2D eigenvalue weighted by molar-refractivity contribution is 5.94. The first kappa shape index (κ1) is 10.5. The smallest absolute Gasteiger partial charge is 0.251 e. The van der Waals surface area contributed by atoms with Gasteiger partial charge in [0.2, 0.25) is 0 Å². The highest BCUT2D eigenvalue weighted by atomic mass is 16.1. The number of hydrogen-bond acceptors (Lipinski definition) is 1. The van der Waals surface area contributed by atoms with Gasteiger partial charge in [-0.15, -0.1) is 0 Å². The number of benzene rings is 1. The lowest BCUT2D eigenvalue weighted by Gasteiger charge is -2.01. The maximum Gasteiger partial charge on any atom is 0.251 e. The third-order valence-electron chi connectivity index (χ3n) is 1.87. The summed E-state index contributed by atoms with van der Waals surface area (Å²) in [4.78, 5) is 11.4. The molecule has 0 aromatic heterocycles. The van der Waals surface area contributed by atoms with E-state index < -0.39 is 0 Å². The molecule has 0 aliphatic carbocycles. The summed E-state index contributed by atoms with van der Waals surface area (Å²) in [5.74, 6) is -0.0143. The molecule has 0 aliphatic heterocycles. The summed E-state index contributed by atoms with van der Waals surface area (Å²) in [5.41, 5.74) is 1.82. The maximum absolute atomic E-state index is 11.4. The van der Waals surface area contributed by atoms with Crippen LogP contribution >= 0.6 is 0 Å². The number of allylic oxidation sites excluding steroid dienone is 1. The molecular formula is C12H15NO. The number of carbonyl (C=O) groups excluding carboxylic acids is 1. The van der Waals surface area contributed by atoms with Crippen LogP contribution in [0.1, 0.15) is 29.8 Å². The molecule has 0 heterocycles. The topological polar surface area (TPSA) is 29.1 Å². The van der Waals surface area contributed by atoms with Crippen LogP contribution in [0.4, 0.5) is 0 Å². The van der Waals surface area contributed by atoms with Crippen molar-refractivity contribution in [2.24, 2.45) is 0 Å². The molecule has 2 heteroatoms. The van der Waals surface area contributed by atoms with Crippen molar-refractivity contribution >= 4 is 12.0 Å². The van der Waals surface area contributed by atoms with Crippen molar-refractivity contribution in [3.05, 3.63) is 41.5 Å². The van der Waals surface area contributed by atoms with Gasteiger partial charge >= 0.3 is 0 Å². The molecule has 1 amide bonds. The van der Waals surface area contributed by atoms with E-state index in [0.29, 0.717) is 12.1 Å². The number of rotatable bonds is 3. The number of amides is 1. The molecule has 1 aromatic rings. The molecule has 0 atom stereocenters. The van der Waals surface area contributed by atoms with Crippen LogP contribution in [0.2, 0.25) is 0 Å². The summed E-state index contributed by atoms with van der Waals surface area (Å²) in [6.45, 7) is 4.54. The zero-order valence-electron chi connectivity index (χ0n) is 8.58. The Balaban J connectivity index is 2.77. The second kappa shape index (κ2) is 5.22. The monoisotopic (exact) mass is 189 g/mol. The molecule has 0 saturated carbocycles. The third kappa shape index (κ3) is 2.73. The first-order valence-corrected chi connectivity index (χ1v) is 4.79. The Labute approximate surface area is 84.6 Å². The maximum atomic E-state index is 11.4. The molecule has 2 nitrogen and oxygen atoms in total. The number of carbonyl (C=O) groups is 1. The van der Waals surface area contributed by atoms with Gasteiger partial charge in [0.15, 0.2) is 0 Å². The lowest BCUT2D eigenvalue weighted by Crippen LogP contribution is -2.22. The Morgan fingerprint density at radius 3 is 2.50 bits per heavy atom. The molecule has 0 aliphatic rings. The predicted octanol–water partition coefficient (Wildman–Crippen LogP) is 2.47. The van der Waals surface area contributed by atoms with Crippen LogP contribution in [0.3, 0.4) is 0 Å². The molecule has 0 fully saturated rings. The van der Waals surface area contributed by atoms with Gasteiger partial charge in [0.25, 0.3) is 5.91 Å². The molecular weight excluding hydrogens is 174 g/mol. The largest absolute Gasteiger partial charge is 0.352 e. The summed E-state index contributed by atoms with van der Waals surface area (Å²) >= 11 is 0. The number of nitrogens with one attached hydrogen (secondary N) is 1. The molecule has 0 saturated heterocycles. The molecule has 0 spiro atoms. The average molecular weight is 189 g/mol. The zero-order valence-corrected chi connectivity index (χ0v) is 8.58. The van der Waals surface area contributed by atoms with E-state index in [1.54, 1.807) is 0 Å². The van der Waals surface area contributed by atoms with Gasteiger partial charge in [-0.2, -0.15) is 0 Å². The summed E-state index contributed by atoms with van der Waals surface area (Å²) in [6, 6.07) is 7.54. The second-order valence-electron chi connectivity index (χ2n) is 2.98. The summed E-state index contributed by atoms with van der Waals surface area (Å²) in [7, 11) is 0. The lowest BCUT2D eigenvalue weighted by molar-refractivity contribution is 0.0956. The summed E-state index contributed by atoms with van der Waals surface area (Å²) in [5, 5.41) is 2.76. The quantitative estimate of drug-likeness (QED) is 0.777. The minimum atomic E-state index is -0.0143. The van der Waals surface area contributed by atoms with E-state index in [-0.39, 0.29) is 5.91 Å². The molecule has 0 bridgehead atoms. The summed E-state index contributed by atoms with van der Waals surface area (Å²) in [6.07, 6.45) is 3.97. The minimum absolute atomic E-state index is 0.0143. The van der Waals surface area contributed by atoms with Gasteiger partial charge in [-0.3, -0.25) is 4.79 Å². The van der Waals surface area contributed by atoms with Crippen LogP contribution < -0.4 is 5.32 Å². The van der Waals surface area contributed by atoms with Crippen molar-refractivity contribution < 1.29 is 4.79 Å². The summed E-state index contributed by atoms with van der Waals surface area (Å²) < 4.78 is 0. The fourth-order valence-corrected chi connectivity index (χ4v) is 1.20. The Kier molecular flexibility index (Phi) is 3.92. The van der Waals surface area contributed by atoms with Crippen molar-refractivity contribution in [3.63, 3.8) is 0 Å². The fourth-order valence-electron chi connectivity index (χ4n) is 1.20. The second-order valence-corrected chi connectivity index (χ2v) is 2.98. The van der Waals surface area contributed by atoms with Gasteiger partial charge < -0.3 is 5.32 Å². The van der Waals surface area contributed by atoms with Gasteiger partial charge in [-0.05, 0) is 31.5 Å². The van der Waals surface area contributed by atoms with Crippen LogP contribution in [-0.2, 0) is 0 Å². The molecule has 1 N–H and O–H groups in total. The Hall–Kier alpha value is -1.57. The molecule has 0 radical (unpaired) electrons. The Bertz CT molecular complexity index is 325. The first-order valence-electron chi connectivity index (χ1n) is 4.79. The van der Waals surface area contributed by atoms with Gasteiger partial charge in [-0.25, -0.2) is 0 Å². The van der Waals surface area contributed by atoms with E-state index >= 15 is 0 Å². The highest BCUT2D eigenvalue weighted by Crippen LogP contribution is 2.05. The van der Waals surface area contributed by atoms with E-state index in [4.69, 9.17) is 0 Å². The van der Waals surface area contributed by atoms with E-state index in [9.17, 15) is 4.79 Å². The Morgan fingerprint density at radius 1 is 1.36 bits per heavy atom. The van der Waals surface area contributed by atoms with Crippen molar-refractivity contribution in [2.75, 3.05) is 6.54 Å². The van der Waals surface area contributed by atoms with Gasteiger partial charge in [0.05, 0.1) is 0 Å². The van der Waals surface area contributed by atoms with Crippen molar-refractivity contribution in [2.45, 2.75) is 13.8 Å². The van der Waals surface area contributed by atoms with Crippen LogP contribution in [0.5, 0.6) is 0 Å². The van der Waals surface area contributed by atoms with Crippen LogP contribution in [0, 0.1) is 0 Å². The lowest BCUT2D eigenvalue weighted by atomic mass is 10.1. The molecule has 1 rings (SSSR count). The molecule has 1 aromatic carbocycles. The van der Waals surface area contributed by atoms with Crippen LogP contribution in [0.15, 0.2) is 30.3 Å². The van der Waals surface area contributed by atoms with Crippen molar-refractivity contribution in [1.29, 1.82) is 0 Å². The van der Waals surface area contributed by atoms with Crippen LogP contribution in [0.25, 0.3) is 6.08 Å².